The number of nitrogens with zero attached hydrogens (tertiary/aromatic N) is 3. The number of aromatic nitrogens is 1. The Hall–Kier alpha value is -3.15. The van der Waals surface area contributed by atoms with Gasteiger partial charge in [-0.1, -0.05) is 42.5 Å². The first-order chi connectivity index (χ1) is 14.2. The lowest BCUT2D eigenvalue weighted by Gasteiger charge is -2.20. The van der Waals surface area contributed by atoms with Crippen molar-refractivity contribution in [3.05, 3.63) is 72.2 Å². The molecule has 0 radical (unpaired) electrons. The lowest BCUT2D eigenvalue weighted by atomic mass is 10.0. The van der Waals surface area contributed by atoms with E-state index in [0.29, 0.717) is 12.4 Å². The molecular weight excluding hydrogens is 365 g/mol. The lowest BCUT2D eigenvalue weighted by Crippen LogP contribution is -2.45. The molecule has 0 bridgehead atoms. The number of benzene rings is 2. The summed E-state index contributed by atoms with van der Waals surface area (Å²) in [7, 11) is 1.78. The van der Waals surface area contributed by atoms with Gasteiger partial charge in [-0.15, -0.1) is 0 Å². The van der Waals surface area contributed by atoms with Crippen LogP contribution in [0.4, 0.5) is 10.2 Å². The zero-order chi connectivity index (χ0) is 20.1. The van der Waals surface area contributed by atoms with Crippen molar-refractivity contribution in [3.8, 4) is 0 Å². The molecule has 1 unspecified atom stereocenters. The second-order valence-corrected chi connectivity index (χ2v) is 7.27. The summed E-state index contributed by atoms with van der Waals surface area (Å²) >= 11 is 0. The molecule has 0 saturated carbocycles. The van der Waals surface area contributed by atoms with Crippen molar-refractivity contribution in [1.29, 1.82) is 0 Å². The Morgan fingerprint density at radius 2 is 2.03 bits per heavy atom. The van der Waals surface area contributed by atoms with Crippen LogP contribution in [-0.4, -0.2) is 43.7 Å². The van der Waals surface area contributed by atoms with Gasteiger partial charge in [-0.25, -0.2) is 9.37 Å². The quantitative estimate of drug-likeness (QED) is 0.517. The normalized spacial score (nSPS) is 17.0. The van der Waals surface area contributed by atoms with Crippen LogP contribution in [0.3, 0.4) is 0 Å². The molecule has 1 saturated heterocycles. The molecule has 2 N–H and O–H groups in total. The average molecular weight is 391 g/mol. The Morgan fingerprint density at radius 1 is 1.17 bits per heavy atom. The molecule has 4 rings (SSSR count). The van der Waals surface area contributed by atoms with Crippen LogP contribution in [0.1, 0.15) is 12.0 Å². The van der Waals surface area contributed by atoms with Gasteiger partial charge < -0.3 is 15.5 Å². The van der Waals surface area contributed by atoms with E-state index in [1.807, 2.05) is 4.90 Å². The van der Waals surface area contributed by atoms with Crippen LogP contribution in [0.5, 0.6) is 0 Å². The largest absolute Gasteiger partial charge is 0.356 e. The molecule has 5 nitrogen and oxygen atoms in total. The summed E-state index contributed by atoms with van der Waals surface area (Å²) in [6, 6.07) is 18.2. The third-order valence-corrected chi connectivity index (χ3v) is 5.36. The van der Waals surface area contributed by atoms with E-state index in [-0.39, 0.29) is 11.9 Å². The molecule has 2 aromatic carbocycles. The second kappa shape index (κ2) is 8.90. The van der Waals surface area contributed by atoms with Gasteiger partial charge in [0.05, 0.1) is 0 Å². The fourth-order valence-electron chi connectivity index (χ4n) is 3.89. The number of fused-ring (bicyclic) bond motifs is 1. The second-order valence-electron chi connectivity index (χ2n) is 7.27. The summed E-state index contributed by atoms with van der Waals surface area (Å²) in [4.78, 5) is 10.5. The number of anilines is 1. The van der Waals surface area contributed by atoms with Gasteiger partial charge in [-0.05, 0) is 41.3 Å². The maximum Gasteiger partial charge on any atom is 0.191 e. The molecule has 150 valence electrons. The van der Waals surface area contributed by atoms with Gasteiger partial charge in [0.25, 0.3) is 0 Å². The predicted octanol–water partition coefficient (Wildman–Crippen LogP) is 3.36. The highest BCUT2D eigenvalue weighted by molar-refractivity contribution is 5.85. The van der Waals surface area contributed by atoms with E-state index in [1.54, 1.807) is 19.3 Å². The van der Waals surface area contributed by atoms with Gasteiger partial charge in [0.2, 0.25) is 0 Å². The molecule has 2 heterocycles. The molecule has 0 amide bonds. The van der Waals surface area contributed by atoms with Crippen LogP contribution in [0.15, 0.2) is 65.8 Å². The Morgan fingerprint density at radius 3 is 2.90 bits per heavy atom. The highest BCUT2D eigenvalue weighted by Crippen LogP contribution is 2.21. The first-order valence-corrected chi connectivity index (χ1v) is 10.0. The lowest BCUT2D eigenvalue weighted by molar-refractivity contribution is 0.612. The molecule has 1 aliphatic rings. The van der Waals surface area contributed by atoms with Crippen LogP contribution < -0.4 is 15.5 Å². The van der Waals surface area contributed by atoms with Crippen molar-refractivity contribution in [1.82, 2.24) is 15.6 Å². The number of halogens is 1. The Kier molecular flexibility index (Phi) is 5.89. The van der Waals surface area contributed by atoms with E-state index >= 15 is 0 Å². The van der Waals surface area contributed by atoms with E-state index in [4.69, 9.17) is 0 Å². The minimum atomic E-state index is -0.272. The summed E-state index contributed by atoms with van der Waals surface area (Å²) in [6.45, 7) is 2.27. The number of hydrogen-bond acceptors (Lipinski definition) is 3. The maximum atomic E-state index is 14.0. The zero-order valence-electron chi connectivity index (χ0n) is 16.6. The Bertz CT molecular complexity index is 998. The molecule has 1 fully saturated rings. The first kappa shape index (κ1) is 19.2. The SMILES string of the molecule is CN=C(NCCc1cccc2ccccc12)NC1CCN(c2ncccc2F)C1. The number of pyridine rings is 1. The molecule has 6 heteroatoms. The monoisotopic (exact) mass is 391 g/mol. The van der Waals surface area contributed by atoms with Crippen molar-refractivity contribution in [2.45, 2.75) is 18.9 Å². The smallest absolute Gasteiger partial charge is 0.191 e. The summed E-state index contributed by atoms with van der Waals surface area (Å²) in [5.74, 6) is 0.931. The van der Waals surface area contributed by atoms with Gasteiger partial charge >= 0.3 is 0 Å². The van der Waals surface area contributed by atoms with Crippen molar-refractivity contribution in [2.24, 2.45) is 4.99 Å². The summed E-state index contributed by atoms with van der Waals surface area (Å²) < 4.78 is 14.0. The molecule has 0 aliphatic carbocycles. The number of nitrogens with one attached hydrogen (secondary N) is 2. The molecule has 0 spiro atoms. The van der Waals surface area contributed by atoms with E-state index < -0.39 is 0 Å². The Balaban J connectivity index is 1.31. The number of rotatable bonds is 5. The number of guanidine groups is 1. The van der Waals surface area contributed by atoms with Crippen molar-refractivity contribution < 1.29 is 4.39 Å². The predicted molar refractivity (Wildman–Crippen MR) is 117 cm³/mol. The molecule has 3 aromatic rings. The Labute approximate surface area is 170 Å². The third-order valence-electron chi connectivity index (χ3n) is 5.36. The van der Waals surface area contributed by atoms with Crippen molar-refractivity contribution >= 4 is 22.5 Å². The van der Waals surface area contributed by atoms with Crippen molar-refractivity contribution in [2.75, 3.05) is 31.6 Å². The van der Waals surface area contributed by atoms with Gasteiger partial charge in [-0.2, -0.15) is 0 Å². The standard InChI is InChI=1S/C23H26FN5/c1-25-23(27-14-11-18-8-4-7-17-6-2-3-9-20(17)18)28-19-12-15-29(16-19)22-21(24)10-5-13-26-22/h2-10,13,19H,11-12,14-16H2,1H3,(H2,25,27,28). The van der Waals surface area contributed by atoms with Gasteiger partial charge in [0.15, 0.2) is 17.6 Å². The van der Waals surface area contributed by atoms with Crippen LogP contribution in [0.2, 0.25) is 0 Å². The number of aliphatic imine (C=N–C) groups is 1. The minimum absolute atomic E-state index is 0.208. The zero-order valence-corrected chi connectivity index (χ0v) is 16.6. The molecule has 1 aromatic heterocycles. The van der Waals surface area contributed by atoms with E-state index in [1.165, 1.54) is 22.4 Å². The molecule has 1 aliphatic heterocycles. The minimum Gasteiger partial charge on any atom is -0.356 e. The third kappa shape index (κ3) is 4.47. The van der Waals surface area contributed by atoms with Gasteiger partial charge in [0, 0.05) is 38.9 Å². The summed E-state index contributed by atoms with van der Waals surface area (Å²) in [5, 5.41) is 9.42. The van der Waals surface area contributed by atoms with Gasteiger partial charge in [-0.3, -0.25) is 4.99 Å². The molecular formula is C23H26FN5. The maximum absolute atomic E-state index is 14.0. The van der Waals surface area contributed by atoms with Crippen LogP contribution in [0.25, 0.3) is 10.8 Å². The first-order valence-electron chi connectivity index (χ1n) is 10.0. The van der Waals surface area contributed by atoms with Gasteiger partial charge in [0.1, 0.15) is 0 Å². The summed E-state index contributed by atoms with van der Waals surface area (Å²) in [6.07, 6.45) is 3.46. The van der Waals surface area contributed by atoms with E-state index in [0.717, 1.165) is 31.9 Å². The molecule has 29 heavy (non-hydrogen) atoms. The highest BCUT2D eigenvalue weighted by atomic mass is 19.1. The van der Waals surface area contributed by atoms with Crippen molar-refractivity contribution in [3.63, 3.8) is 0 Å². The molecule has 1 atom stereocenters. The summed E-state index contributed by atoms with van der Waals surface area (Å²) in [5.41, 5.74) is 1.32. The van der Waals surface area contributed by atoms with E-state index in [2.05, 4.69) is 63.1 Å². The fraction of sp³-hybridized carbons (Fsp3) is 0.304. The van der Waals surface area contributed by atoms with Crippen LogP contribution in [-0.2, 0) is 6.42 Å². The van der Waals surface area contributed by atoms with Crippen LogP contribution >= 0.6 is 0 Å². The van der Waals surface area contributed by atoms with Crippen LogP contribution in [0, 0.1) is 5.82 Å². The number of hydrogen-bond donors (Lipinski definition) is 2. The highest BCUT2D eigenvalue weighted by Gasteiger charge is 2.25. The average Bonchev–Trinajstić information content (AvgIpc) is 3.21. The topological polar surface area (TPSA) is 52.6 Å². The van der Waals surface area contributed by atoms with E-state index in [9.17, 15) is 4.39 Å². The fourth-order valence-corrected chi connectivity index (χ4v) is 3.89.